The van der Waals surface area contributed by atoms with E-state index in [1.165, 1.54) is 0 Å². The number of piperidine rings is 1. The number of carbonyl (C=O) groups excluding carboxylic acids is 2. The lowest BCUT2D eigenvalue weighted by Gasteiger charge is -2.39. The molecule has 136 valence electrons. The monoisotopic (exact) mass is 344 g/mol. The van der Waals surface area contributed by atoms with Crippen molar-refractivity contribution in [1.29, 1.82) is 0 Å². The van der Waals surface area contributed by atoms with Gasteiger partial charge in [0.15, 0.2) is 0 Å². The van der Waals surface area contributed by atoms with E-state index in [4.69, 9.17) is 0 Å². The molecule has 2 unspecified atom stereocenters. The molecule has 5 heteroatoms. The second-order valence-electron chi connectivity index (χ2n) is 7.00. The third-order valence-corrected chi connectivity index (χ3v) is 4.65. The largest absolute Gasteiger partial charge is 0.394 e. The third-order valence-electron chi connectivity index (χ3n) is 4.65. The van der Waals surface area contributed by atoms with Crippen molar-refractivity contribution in [2.75, 3.05) is 13.2 Å². The maximum absolute atomic E-state index is 12.8. The number of aliphatic hydroxyl groups is 1. The van der Waals surface area contributed by atoms with E-state index in [2.05, 4.69) is 12.2 Å². The summed E-state index contributed by atoms with van der Waals surface area (Å²) in [6, 6.07) is 7.19. The molecule has 0 spiro atoms. The summed E-state index contributed by atoms with van der Waals surface area (Å²) in [6.45, 7) is 6.95. The first-order chi connectivity index (χ1) is 11.9. The molecule has 2 rings (SSSR count). The molecule has 1 saturated heterocycles. The highest BCUT2D eigenvalue weighted by Gasteiger charge is 2.31. The molecule has 2 atom stereocenters. The second-order valence-corrected chi connectivity index (χ2v) is 7.00. The highest BCUT2D eigenvalue weighted by atomic mass is 16.3. The Morgan fingerprint density at radius 2 is 1.96 bits per heavy atom. The number of benzene rings is 1. The minimum absolute atomic E-state index is 0.00137. The Hall–Kier alpha value is -2.14. The van der Waals surface area contributed by atoms with Gasteiger partial charge in [-0.15, -0.1) is 0 Å². The van der Waals surface area contributed by atoms with Gasteiger partial charge in [-0.2, -0.15) is 0 Å². The van der Waals surface area contributed by atoms with E-state index in [0.717, 1.165) is 24.0 Å². The Bertz CT molecular complexity index is 633. The Morgan fingerprint density at radius 3 is 2.56 bits per heavy atom. The van der Waals surface area contributed by atoms with E-state index < -0.39 is 0 Å². The number of hydrogen-bond donors (Lipinski definition) is 2. The number of nitrogens with zero attached hydrogens (tertiary/aromatic N) is 1. The van der Waals surface area contributed by atoms with Crippen LogP contribution in [0, 0.1) is 5.92 Å². The number of likely N-dealkylation sites (tertiary alicyclic amines) is 1. The molecule has 1 aliphatic heterocycles. The van der Waals surface area contributed by atoms with Crippen molar-refractivity contribution >= 4 is 11.8 Å². The predicted octanol–water partition coefficient (Wildman–Crippen LogP) is 2.50. The van der Waals surface area contributed by atoms with Crippen molar-refractivity contribution in [3.05, 3.63) is 47.0 Å². The Labute approximate surface area is 149 Å². The molecule has 0 aromatic heterocycles. The van der Waals surface area contributed by atoms with Crippen LogP contribution in [0.25, 0.3) is 0 Å². The predicted molar refractivity (Wildman–Crippen MR) is 98.0 cm³/mol. The summed E-state index contributed by atoms with van der Waals surface area (Å²) in [5, 5.41) is 12.4. The zero-order valence-corrected chi connectivity index (χ0v) is 15.3. The van der Waals surface area contributed by atoms with Crippen LogP contribution in [0.5, 0.6) is 0 Å². The molecule has 2 N–H and O–H groups in total. The van der Waals surface area contributed by atoms with Crippen LogP contribution in [0.2, 0.25) is 0 Å². The lowest BCUT2D eigenvalue weighted by molar-refractivity contribution is -0.116. The summed E-state index contributed by atoms with van der Waals surface area (Å²) in [4.78, 5) is 26.2. The topological polar surface area (TPSA) is 69.6 Å². The van der Waals surface area contributed by atoms with Crippen LogP contribution < -0.4 is 5.32 Å². The minimum atomic E-state index is -0.117. The van der Waals surface area contributed by atoms with Gasteiger partial charge in [0.1, 0.15) is 0 Å². The van der Waals surface area contributed by atoms with Crippen LogP contribution in [0.15, 0.2) is 35.9 Å². The molecule has 1 fully saturated rings. The number of aliphatic hydroxyl groups excluding tert-OH is 1. The Kier molecular flexibility index (Phi) is 6.76. The molecular weight excluding hydrogens is 316 g/mol. The fourth-order valence-corrected chi connectivity index (χ4v) is 3.21. The molecule has 0 aliphatic carbocycles. The van der Waals surface area contributed by atoms with E-state index in [1.54, 1.807) is 23.1 Å². The van der Waals surface area contributed by atoms with Crippen molar-refractivity contribution in [2.45, 2.75) is 46.2 Å². The first-order valence-corrected chi connectivity index (χ1v) is 8.86. The van der Waals surface area contributed by atoms with Crippen molar-refractivity contribution in [2.24, 2.45) is 5.92 Å². The van der Waals surface area contributed by atoms with Crippen molar-refractivity contribution in [3.8, 4) is 0 Å². The van der Waals surface area contributed by atoms with Gasteiger partial charge in [0.2, 0.25) is 5.91 Å². The molecule has 25 heavy (non-hydrogen) atoms. The molecule has 0 saturated carbocycles. The van der Waals surface area contributed by atoms with Gasteiger partial charge in [0.25, 0.3) is 5.91 Å². The first kappa shape index (κ1) is 19.2. The van der Waals surface area contributed by atoms with E-state index in [1.807, 2.05) is 26.0 Å². The normalized spacial score (nSPS) is 20.1. The van der Waals surface area contributed by atoms with Crippen molar-refractivity contribution < 1.29 is 14.7 Å². The molecule has 0 bridgehead atoms. The van der Waals surface area contributed by atoms with E-state index in [0.29, 0.717) is 24.6 Å². The van der Waals surface area contributed by atoms with Crippen LogP contribution in [0.3, 0.4) is 0 Å². The van der Waals surface area contributed by atoms with Gasteiger partial charge in [0, 0.05) is 24.7 Å². The number of allylic oxidation sites excluding steroid dienone is 1. The first-order valence-electron chi connectivity index (χ1n) is 8.86. The number of nitrogens with one attached hydrogen (secondary N) is 1. The summed E-state index contributed by atoms with van der Waals surface area (Å²) >= 11 is 0. The lowest BCUT2D eigenvalue weighted by Crippen LogP contribution is -2.49. The van der Waals surface area contributed by atoms with Gasteiger partial charge in [-0.1, -0.05) is 24.6 Å². The van der Waals surface area contributed by atoms with Gasteiger partial charge >= 0.3 is 0 Å². The molecule has 1 heterocycles. The molecule has 0 radical (unpaired) electrons. The zero-order chi connectivity index (χ0) is 18.4. The average molecular weight is 344 g/mol. The molecule has 1 aromatic rings. The summed E-state index contributed by atoms with van der Waals surface area (Å²) in [7, 11) is 0. The molecule has 1 aliphatic rings. The fraction of sp³-hybridized carbons (Fsp3) is 0.500. The van der Waals surface area contributed by atoms with Gasteiger partial charge in [-0.05, 0) is 50.3 Å². The number of carbonyl (C=O) groups is 2. The maximum atomic E-state index is 12.8. The van der Waals surface area contributed by atoms with Crippen molar-refractivity contribution in [1.82, 2.24) is 10.2 Å². The summed E-state index contributed by atoms with van der Waals surface area (Å²) in [6.07, 6.45) is 3.57. The molecular formula is C20H28N2O3. The van der Waals surface area contributed by atoms with E-state index in [-0.39, 0.29) is 24.5 Å². The van der Waals surface area contributed by atoms with Crippen LogP contribution in [-0.4, -0.2) is 41.0 Å². The lowest BCUT2D eigenvalue weighted by atomic mass is 9.90. The highest BCUT2D eigenvalue weighted by Crippen LogP contribution is 2.24. The summed E-state index contributed by atoms with van der Waals surface area (Å²) in [5.41, 5.74) is 2.51. The smallest absolute Gasteiger partial charge is 0.254 e. The number of hydrogen-bond acceptors (Lipinski definition) is 3. The molecule has 2 amide bonds. The van der Waals surface area contributed by atoms with Gasteiger partial charge < -0.3 is 15.3 Å². The number of amides is 2. The minimum Gasteiger partial charge on any atom is -0.394 e. The van der Waals surface area contributed by atoms with E-state index in [9.17, 15) is 14.7 Å². The quantitative estimate of drug-likeness (QED) is 0.807. The Balaban J connectivity index is 2.00. The van der Waals surface area contributed by atoms with Gasteiger partial charge in [-0.3, -0.25) is 9.59 Å². The third kappa shape index (κ3) is 5.16. The van der Waals surface area contributed by atoms with E-state index >= 15 is 0 Å². The summed E-state index contributed by atoms with van der Waals surface area (Å²) < 4.78 is 0. The van der Waals surface area contributed by atoms with Crippen LogP contribution >= 0.6 is 0 Å². The van der Waals surface area contributed by atoms with Crippen LogP contribution in [0.1, 0.15) is 49.5 Å². The van der Waals surface area contributed by atoms with Crippen LogP contribution in [0.4, 0.5) is 0 Å². The molecule has 1 aromatic carbocycles. The second kappa shape index (κ2) is 8.81. The SMILES string of the molecule is CC(C)=CC(=O)NCc1ccc(C(=O)N2CCCC(C)C2CO)cc1. The Morgan fingerprint density at radius 1 is 1.28 bits per heavy atom. The van der Waals surface area contributed by atoms with Crippen LogP contribution in [-0.2, 0) is 11.3 Å². The zero-order valence-electron chi connectivity index (χ0n) is 15.3. The highest BCUT2D eigenvalue weighted by molar-refractivity contribution is 5.94. The summed E-state index contributed by atoms with van der Waals surface area (Å²) in [5.74, 6) is 0.159. The maximum Gasteiger partial charge on any atom is 0.254 e. The number of rotatable bonds is 5. The van der Waals surface area contributed by atoms with Crippen molar-refractivity contribution in [3.63, 3.8) is 0 Å². The van der Waals surface area contributed by atoms with Gasteiger partial charge in [-0.25, -0.2) is 0 Å². The molecule has 5 nitrogen and oxygen atoms in total. The standard InChI is InChI=1S/C20H28N2O3/c1-14(2)11-19(24)21-12-16-6-8-17(9-7-16)20(25)22-10-4-5-15(3)18(22)13-23/h6-9,11,15,18,23H,4-5,10,12-13H2,1-3H3,(H,21,24). The van der Waals surface area contributed by atoms with Gasteiger partial charge in [0.05, 0.1) is 12.6 Å². The fourth-order valence-electron chi connectivity index (χ4n) is 3.21. The average Bonchev–Trinajstić information content (AvgIpc) is 2.59.